The lowest BCUT2D eigenvalue weighted by Gasteiger charge is -2.30. The van der Waals surface area contributed by atoms with Crippen molar-refractivity contribution in [1.82, 2.24) is 15.2 Å². The van der Waals surface area contributed by atoms with Gasteiger partial charge in [-0.2, -0.15) is 4.72 Å². The molecule has 3 rings (SSSR count). The summed E-state index contributed by atoms with van der Waals surface area (Å²) >= 11 is 0. The standard InChI is InChI=1S/C21H27FN4O4S/c22-18-3-1-2-16(9-18)17-10-19(13-24-12-17)31(29,30)26-20(21(27)25-28)8-14-4-6-15(11-23)7-5-14/h1-3,9-10,12-15,20,26,28H,4-8,11,23H2,(H,25,27). The minimum Gasteiger partial charge on any atom is -0.330 e. The van der Waals surface area contributed by atoms with E-state index in [-0.39, 0.29) is 17.2 Å². The topological polar surface area (TPSA) is 134 Å². The van der Waals surface area contributed by atoms with Crippen molar-refractivity contribution in [3.63, 3.8) is 0 Å². The van der Waals surface area contributed by atoms with Gasteiger partial charge in [-0.15, -0.1) is 0 Å². The minimum absolute atomic E-state index is 0.143. The van der Waals surface area contributed by atoms with Crippen LogP contribution < -0.4 is 15.9 Å². The molecular formula is C21H27FN4O4S. The predicted molar refractivity (Wildman–Crippen MR) is 113 cm³/mol. The molecule has 1 aromatic carbocycles. The van der Waals surface area contributed by atoms with E-state index in [1.807, 2.05) is 0 Å². The van der Waals surface area contributed by atoms with Gasteiger partial charge in [0, 0.05) is 18.0 Å². The molecule has 1 fully saturated rings. The number of nitrogens with one attached hydrogen (secondary N) is 2. The van der Waals surface area contributed by atoms with Gasteiger partial charge in [0.2, 0.25) is 10.0 Å². The third kappa shape index (κ3) is 6.07. The third-order valence-corrected chi connectivity index (χ3v) is 7.21. The Bertz CT molecular complexity index is 1010. The monoisotopic (exact) mass is 450 g/mol. The van der Waals surface area contributed by atoms with Gasteiger partial charge in [-0.3, -0.25) is 15.0 Å². The molecule has 1 aromatic heterocycles. The van der Waals surface area contributed by atoms with Crippen LogP contribution in [0.15, 0.2) is 47.6 Å². The Balaban J connectivity index is 1.78. The van der Waals surface area contributed by atoms with E-state index in [1.165, 1.54) is 30.5 Å². The predicted octanol–water partition coefficient (Wildman–Crippen LogP) is 2.20. The van der Waals surface area contributed by atoms with E-state index in [2.05, 4.69) is 9.71 Å². The van der Waals surface area contributed by atoms with E-state index in [0.717, 1.165) is 31.9 Å². The Morgan fingerprint density at radius 2 is 1.87 bits per heavy atom. The first kappa shape index (κ1) is 23.3. The fourth-order valence-electron chi connectivity index (χ4n) is 3.97. The van der Waals surface area contributed by atoms with Crippen molar-refractivity contribution < 1.29 is 22.8 Å². The molecule has 1 amide bonds. The molecule has 0 bridgehead atoms. The summed E-state index contributed by atoms with van der Waals surface area (Å²) < 4.78 is 41.8. The van der Waals surface area contributed by atoms with Crippen molar-refractivity contribution in [2.45, 2.75) is 43.0 Å². The Morgan fingerprint density at radius 1 is 1.16 bits per heavy atom. The quantitative estimate of drug-likeness (QED) is 0.360. The van der Waals surface area contributed by atoms with Gasteiger partial charge in [0.15, 0.2) is 0 Å². The number of benzene rings is 1. The fourth-order valence-corrected chi connectivity index (χ4v) is 5.17. The van der Waals surface area contributed by atoms with Crippen LogP contribution in [0.3, 0.4) is 0 Å². The van der Waals surface area contributed by atoms with E-state index in [0.29, 0.717) is 23.6 Å². The summed E-state index contributed by atoms with van der Waals surface area (Å²) in [6.45, 7) is 0.620. The number of sulfonamides is 1. The van der Waals surface area contributed by atoms with Gasteiger partial charge in [0.1, 0.15) is 16.8 Å². The highest BCUT2D eigenvalue weighted by Gasteiger charge is 2.30. The number of carbonyl (C=O) groups excluding carboxylic acids is 1. The largest absolute Gasteiger partial charge is 0.330 e. The minimum atomic E-state index is -4.12. The summed E-state index contributed by atoms with van der Waals surface area (Å²) in [7, 11) is -4.12. The average Bonchev–Trinajstić information content (AvgIpc) is 2.78. The molecule has 0 saturated heterocycles. The molecule has 1 unspecified atom stereocenters. The van der Waals surface area contributed by atoms with E-state index in [1.54, 1.807) is 11.5 Å². The number of halogens is 1. The molecule has 0 aliphatic heterocycles. The molecule has 10 heteroatoms. The van der Waals surface area contributed by atoms with Crippen molar-refractivity contribution in [3.05, 3.63) is 48.5 Å². The Labute approximate surface area is 181 Å². The van der Waals surface area contributed by atoms with E-state index < -0.39 is 27.8 Å². The molecule has 168 valence electrons. The van der Waals surface area contributed by atoms with E-state index in [9.17, 15) is 17.6 Å². The van der Waals surface area contributed by atoms with Gasteiger partial charge < -0.3 is 5.73 Å². The summed E-state index contributed by atoms with van der Waals surface area (Å²) in [5.74, 6) is -0.675. The maximum atomic E-state index is 13.5. The third-order valence-electron chi connectivity index (χ3n) is 5.77. The lowest BCUT2D eigenvalue weighted by molar-refractivity contribution is -0.131. The number of hydroxylamine groups is 1. The maximum Gasteiger partial charge on any atom is 0.261 e. The van der Waals surface area contributed by atoms with Crippen LogP contribution in [0.5, 0.6) is 0 Å². The molecule has 0 spiro atoms. The molecular weight excluding hydrogens is 423 g/mol. The van der Waals surface area contributed by atoms with Crippen molar-refractivity contribution >= 4 is 15.9 Å². The lowest BCUT2D eigenvalue weighted by atomic mass is 9.79. The molecule has 1 heterocycles. The number of aromatic nitrogens is 1. The van der Waals surface area contributed by atoms with Crippen molar-refractivity contribution in [1.29, 1.82) is 0 Å². The van der Waals surface area contributed by atoms with Gasteiger partial charge in [0.05, 0.1) is 0 Å². The molecule has 1 aliphatic carbocycles. The van der Waals surface area contributed by atoms with Crippen molar-refractivity contribution in [3.8, 4) is 11.1 Å². The highest BCUT2D eigenvalue weighted by molar-refractivity contribution is 7.89. The van der Waals surface area contributed by atoms with Crippen LogP contribution in [0, 0.1) is 17.7 Å². The number of hydrogen-bond acceptors (Lipinski definition) is 6. The smallest absolute Gasteiger partial charge is 0.261 e. The SMILES string of the molecule is NCC1CCC(CC(NS(=O)(=O)c2cncc(-c3cccc(F)c3)c2)C(=O)NO)CC1. The van der Waals surface area contributed by atoms with Crippen LogP contribution in [-0.2, 0) is 14.8 Å². The van der Waals surface area contributed by atoms with Crippen molar-refractivity contribution in [2.24, 2.45) is 17.6 Å². The van der Waals surface area contributed by atoms with Crippen LogP contribution in [0.4, 0.5) is 4.39 Å². The Hall–Kier alpha value is -2.40. The molecule has 1 atom stereocenters. The Kier molecular flexibility index (Phi) is 7.71. The van der Waals surface area contributed by atoms with Crippen molar-refractivity contribution in [2.75, 3.05) is 6.54 Å². The Morgan fingerprint density at radius 3 is 2.52 bits per heavy atom. The number of hydrogen-bond donors (Lipinski definition) is 4. The molecule has 31 heavy (non-hydrogen) atoms. The zero-order valence-electron chi connectivity index (χ0n) is 17.0. The summed E-state index contributed by atoms with van der Waals surface area (Å²) in [5.41, 5.74) is 8.16. The molecule has 5 N–H and O–H groups in total. The molecule has 1 saturated carbocycles. The van der Waals surface area contributed by atoms with Gasteiger partial charge >= 0.3 is 0 Å². The number of nitrogens with zero attached hydrogens (tertiary/aromatic N) is 1. The van der Waals surface area contributed by atoms with Gasteiger partial charge in [-0.05, 0) is 61.4 Å². The second-order valence-corrected chi connectivity index (χ2v) is 9.64. The molecule has 0 radical (unpaired) electrons. The van der Waals surface area contributed by atoms with E-state index >= 15 is 0 Å². The van der Waals surface area contributed by atoms with Gasteiger partial charge in [-0.25, -0.2) is 18.3 Å². The zero-order chi connectivity index (χ0) is 22.4. The first-order valence-corrected chi connectivity index (χ1v) is 11.7. The summed E-state index contributed by atoms with van der Waals surface area (Å²) in [4.78, 5) is 16.0. The first-order valence-electron chi connectivity index (χ1n) is 10.2. The first-order chi connectivity index (χ1) is 14.8. The number of nitrogens with two attached hydrogens (primary N) is 1. The van der Waals surface area contributed by atoms with Crippen LogP contribution in [0.25, 0.3) is 11.1 Å². The fraction of sp³-hybridized carbons (Fsp3) is 0.429. The second kappa shape index (κ2) is 10.3. The number of amides is 1. The molecule has 2 aromatic rings. The van der Waals surface area contributed by atoms with E-state index in [4.69, 9.17) is 10.9 Å². The van der Waals surface area contributed by atoms with Gasteiger partial charge in [-0.1, -0.05) is 25.0 Å². The number of rotatable bonds is 8. The molecule has 8 nitrogen and oxygen atoms in total. The number of pyridine rings is 1. The van der Waals surface area contributed by atoms with Crippen LogP contribution in [0.2, 0.25) is 0 Å². The lowest BCUT2D eigenvalue weighted by Crippen LogP contribution is -2.47. The second-order valence-electron chi connectivity index (χ2n) is 7.93. The molecule has 1 aliphatic rings. The highest BCUT2D eigenvalue weighted by Crippen LogP contribution is 2.31. The average molecular weight is 451 g/mol. The summed E-state index contributed by atoms with van der Waals surface area (Å²) in [6, 6.07) is 5.96. The maximum absolute atomic E-state index is 13.5. The van der Waals surface area contributed by atoms with Crippen LogP contribution >= 0.6 is 0 Å². The zero-order valence-corrected chi connectivity index (χ0v) is 17.8. The van der Waals surface area contributed by atoms with Crippen LogP contribution in [0.1, 0.15) is 32.1 Å². The summed E-state index contributed by atoms with van der Waals surface area (Å²) in [5, 5.41) is 9.10. The normalized spacial score (nSPS) is 20.2. The highest BCUT2D eigenvalue weighted by atomic mass is 32.2. The van der Waals surface area contributed by atoms with Gasteiger partial charge in [0.25, 0.3) is 5.91 Å². The summed E-state index contributed by atoms with van der Waals surface area (Å²) in [6.07, 6.45) is 6.40. The van der Waals surface area contributed by atoms with Crippen LogP contribution in [-0.4, -0.2) is 37.1 Å². The number of carbonyl (C=O) groups is 1.